The van der Waals surface area contributed by atoms with Crippen LogP contribution in [-0.2, 0) is 4.74 Å². The highest BCUT2D eigenvalue weighted by Crippen LogP contribution is 2.53. The number of hydrogen-bond donors (Lipinski definition) is 4. The van der Waals surface area contributed by atoms with Crippen molar-refractivity contribution in [2.45, 2.75) is 57.6 Å². The van der Waals surface area contributed by atoms with Gasteiger partial charge < -0.3 is 25.4 Å². The van der Waals surface area contributed by atoms with Crippen molar-refractivity contribution in [3.05, 3.63) is 0 Å². The number of hydrogen-bond acceptors (Lipinski definition) is 5. The summed E-state index contributed by atoms with van der Waals surface area (Å²) in [4.78, 5) is 0. The number of aliphatic hydroxyl groups excluding tert-OH is 2. The molecule has 102 valence electrons. The first-order valence-corrected chi connectivity index (χ1v) is 5.88. The Kier molecular flexibility index (Phi) is 3.41. The summed E-state index contributed by atoms with van der Waals surface area (Å²) in [7, 11) is 1.71. The van der Waals surface area contributed by atoms with Crippen LogP contribution in [0.5, 0.6) is 0 Å². The molecule has 0 spiro atoms. The van der Waals surface area contributed by atoms with E-state index in [1.54, 1.807) is 27.8 Å². The second-order valence-electron chi connectivity index (χ2n) is 6.01. The Morgan fingerprint density at radius 1 is 1.18 bits per heavy atom. The molecule has 0 aromatic carbocycles. The smallest absolute Gasteiger partial charge is 0.174 e. The van der Waals surface area contributed by atoms with Gasteiger partial charge in [-0.05, 0) is 27.8 Å². The molecule has 4 unspecified atom stereocenters. The second-order valence-corrected chi connectivity index (χ2v) is 6.01. The Balaban J connectivity index is 3.36. The molecular formula is C12H25NO4. The van der Waals surface area contributed by atoms with Gasteiger partial charge in [-0.25, -0.2) is 0 Å². The zero-order chi connectivity index (χ0) is 13.7. The van der Waals surface area contributed by atoms with Crippen molar-refractivity contribution in [3.8, 4) is 0 Å². The highest BCUT2D eigenvalue weighted by atomic mass is 16.6. The molecular weight excluding hydrogens is 222 g/mol. The minimum atomic E-state index is -1.30. The number of aliphatic hydroxyl groups is 3. The summed E-state index contributed by atoms with van der Waals surface area (Å²) in [6, 6.07) is 0. The summed E-state index contributed by atoms with van der Waals surface area (Å²) >= 11 is 0. The largest absolute Gasteiger partial charge is 0.393 e. The molecule has 0 aromatic heterocycles. The minimum absolute atomic E-state index is 0.361. The zero-order valence-corrected chi connectivity index (χ0v) is 11.5. The van der Waals surface area contributed by atoms with Gasteiger partial charge in [-0.2, -0.15) is 0 Å². The maximum absolute atomic E-state index is 10.8. The lowest BCUT2D eigenvalue weighted by Gasteiger charge is -2.63. The first-order valence-electron chi connectivity index (χ1n) is 5.88. The number of ether oxygens (including phenoxy) is 1. The van der Waals surface area contributed by atoms with Gasteiger partial charge in [-0.15, -0.1) is 0 Å². The third-order valence-electron chi connectivity index (χ3n) is 5.23. The Morgan fingerprint density at radius 2 is 1.65 bits per heavy atom. The maximum atomic E-state index is 10.8. The van der Waals surface area contributed by atoms with Crippen LogP contribution in [0.2, 0.25) is 0 Å². The molecule has 1 heterocycles. The molecule has 5 nitrogen and oxygen atoms in total. The lowest BCUT2D eigenvalue weighted by molar-refractivity contribution is -0.360. The second kappa shape index (κ2) is 3.90. The van der Waals surface area contributed by atoms with Gasteiger partial charge in [0.25, 0.3) is 0 Å². The summed E-state index contributed by atoms with van der Waals surface area (Å²) < 4.78 is 5.47. The van der Waals surface area contributed by atoms with Crippen LogP contribution in [0.3, 0.4) is 0 Å². The van der Waals surface area contributed by atoms with Crippen molar-refractivity contribution in [1.82, 2.24) is 5.32 Å². The molecule has 1 fully saturated rings. The predicted octanol–water partition coefficient (Wildman–Crippen LogP) is -0.159. The Bertz CT molecular complexity index is 305. The van der Waals surface area contributed by atoms with Gasteiger partial charge in [0.05, 0.1) is 17.7 Å². The normalized spacial score (nSPS) is 50.3. The minimum Gasteiger partial charge on any atom is -0.393 e. The zero-order valence-electron chi connectivity index (χ0n) is 11.5. The van der Waals surface area contributed by atoms with Gasteiger partial charge in [0.2, 0.25) is 0 Å². The number of nitrogens with one attached hydrogen (secondary N) is 1. The first kappa shape index (κ1) is 14.9. The predicted molar refractivity (Wildman–Crippen MR) is 64.5 cm³/mol. The summed E-state index contributed by atoms with van der Waals surface area (Å²) in [5.74, 6) is 0. The van der Waals surface area contributed by atoms with Gasteiger partial charge >= 0.3 is 0 Å². The van der Waals surface area contributed by atoms with Crippen molar-refractivity contribution in [2.75, 3.05) is 13.7 Å². The SMILES string of the molecule is CNC1(C)C(O)OC(C)(CO)C(C)(O)C1(C)C. The van der Waals surface area contributed by atoms with Gasteiger partial charge in [0.15, 0.2) is 6.29 Å². The van der Waals surface area contributed by atoms with E-state index >= 15 is 0 Å². The van der Waals surface area contributed by atoms with Crippen LogP contribution < -0.4 is 5.32 Å². The summed E-state index contributed by atoms with van der Waals surface area (Å²) in [6.07, 6.45) is -1.11. The van der Waals surface area contributed by atoms with Crippen LogP contribution in [0.1, 0.15) is 34.6 Å². The average molecular weight is 247 g/mol. The van der Waals surface area contributed by atoms with Crippen molar-refractivity contribution in [2.24, 2.45) is 5.41 Å². The Hall–Kier alpha value is -0.200. The van der Waals surface area contributed by atoms with Crippen LogP contribution in [0.15, 0.2) is 0 Å². The Morgan fingerprint density at radius 3 is 2.00 bits per heavy atom. The van der Waals surface area contributed by atoms with Crippen LogP contribution in [-0.4, -0.2) is 52.0 Å². The fraction of sp³-hybridized carbons (Fsp3) is 1.00. The summed E-state index contributed by atoms with van der Waals surface area (Å²) in [5, 5.41) is 33.4. The van der Waals surface area contributed by atoms with E-state index in [0.29, 0.717) is 0 Å². The standard InChI is InChI=1S/C12H25NO4/c1-9(2)11(4,13-6)8(15)17-10(3,7-14)12(9,5)16/h8,13-16H,7H2,1-6H3. The molecule has 0 aromatic rings. The monoisotopic (exact) mass is 247 g/mol. The Labute approximate surface area is 103 Å². The lowest BCUT2D eigenvalue weighted by Crippen LogP contribution is -2.79. The molecule has 17 heavy (non-hydrogen) atoms. The van der Waals surface area contributed by atoms with Crippen LogP contribution in [0.4, 0.5) is 0 Å². The molecule has 4 atom stereocenters. The van der Waals surface area contributed by atoms with Crippen molar-refractivity contribution < 1.29 is 20.1 Å². The molecule has 0 bridgehead atoms. The van der Waals surface area contributed by atoms with E-state index in [9.17, 15) is 15.3 Å². The number of likely N-dealkylation sites (N-methyl/N-ethyl adjacent to an activating group) is 1. The number of rotatable bonds is 2. The highest BCUT2D eigenvalue weighted by Gasteiger charge is 2.67. The molecule has 0 saturated carbocycles. The van der Waals surface area contributed by atoms with Crippen LogP contribution in [0, 0.1) is 5.41 Å². The molecule has 1 aliphatic heterocycles. The van der Waals surface area contributed by atoms with E-state index in [1.165, 1.54) is 0 Å². The van der Waals surface area contributed by atoms with E-state index in [-0.39, 0.29) is 6.61 Å². The van der Waals surface area contributed by atoms with Gasteiger partial charge in [-0.1, -0.05) is 13.8 Å². The molecule has 1 rings (SSSR count). The van der Waals surface area contributed by atoms with Gasteiger partial charge in [-0.3, -0.25) is 0 Å². The van der Waals surface area contributed by atoms with Gasteiger partial charge in [0.1, 0.15) is 5.60 Å². The topological polar surface area (TPSA) is 82.0 Å². The van der Waals surface area contributed by atoms with Crippen LogP contribution >= 0.6 is 0 Å². The fourth-order valence-corrected chi connectivity index (χ4v) is 2.58. The van der Waals surface area contributed by atoms with Crippen molar-refractivity contribution >= 4 is 0 Å². The molecule has 0 amide bonds. The molecule has 5 heteroatoms. The first-order chi connectivity index (χ1) is 7.50. The van der Waals surface area contributed by atoms with E-state index in [4.69, 9.17) is 4.74 Å². The van der Waals surface area contributed by atoms with Crippen molar-refractivity contribution in [1.29, 1.82) is 0 Å². The van der Waals surface area contributed by atoms with E-state index in [1.807, 2.05) is 13.8 Å². The van der Waals surface area contributed by atoms with Crippen LogP contribution in [0.25, 0.3) is 0 Å². The quantitative estimate of drug-likeness (QED) is 0.545. The van der Waals surface area contributed by atoms with E-state index in [0.717, 1.165) is 0 Å². The van der Waals surface area contributed by atoms with Crippen molar-refractivity contribution in [3.63, 3.8) is 0 Å². The third kappa shape index (κ3) is 1.57. The molecule has 0 aliphatic carbocycles. The maximum Gasteiger partial charge on any atom is 0.174 e. The molecule has 1 aliphatic rings. The van der Waals surface area contributed by atoms with Gasteiger partial charge in [0, 0.05) is 5.41 Å². The molecule has 0 radical (unpaired) electrons. The van der Waals surface area contributed by atoms with E-state index < -0.39 is 28.4 Å². The molecule has 1 saturated heterocycles. The average Bonchev–Trinajstić information content (AvgIpc) is 2.25. The van der Waals surface area contributed by atoms with E-state index in [2.05, 4.69) is 5.32 Å². The highest BCUT2D eigenvalue weighted by molar-refractivity contribution is 5.17. The molecule has 4 N–H and O–H groups in total. The summed E-state index contributed by atoms with van der Waals surface area (Å²) in [6.45, 7) is 8.37. The lowest BCUT2D eigenvalue weighted by atomic mass is 9.56. The third-order valence-corrected chi connectivity index (χ3v) is 5.23. The fourth-order valence-electron chi connectivity index (χ4n) is 2.58. The summed E-state index contributed by atoms with van der Waals surface area (Å²) in [5.41, 5.74) is -4.02.